The van der Waals surface area contributed by atoms with Crippen molar-refractivity contribution in [3.05, 3.63) is 11.6 Å². The first-order chi connectivity index (χ1) is 13.3. The number of fused-ring (bicyclic) bond motifs is 1. The van der Waals surface area contributed by atoms with Crippen LogP contribution in [0.15, 0.2) is 6.33 Å². The molecular formula is C16H22ClN5O6. The van der Waals surface area contributed by atoms with Crippen LogP contribution in [0.2, 0.25) is 5.28 Å². The lowest BCUT2D eigenvalue weighted by Crippen LogP contribution is -2.34. The predicted molar refractivity (Wildman–Crippen MR) is 97.3 cm³/mol. The molecule has 154 valence electrons. The van der Waals surface area contributed by atoms with E-state index in [1.165, 1.54) is 17.8 Å². The summed E-state index contributed by atoms with van der Waals surface area (Å²) in [5, 5.41) is 20.5. The summed E-state index contributed by atoms with van der Waals surface area (Å²) in [7, 11) is 0. The Morgan fingerprint density at radius 3 is 2.82 bits per heavy atom. The maximum absolute atomic E-state index is 11.0. The third kappa shape index (κ3) is 4.33. The van der Waals surface area contributed by atoms with Crippen LogP contribution in [0.25, 0.3) is 11.2 Å². The molecule has 3 heterocycles. The molecule has 0 bridgehead atoms. The first-order valence-corrected chi connectivity index (χ1v) is 9.08. The van der Waals surface area contributed by atoms with Crippen molar-refractivity contribution in [1.29, 1.82) is 0 Å². The van der Waals surface area contributed by atoms with Gasteiger partial charge < -0.3 is 19.7 Å². The second-order valence-electron chi connectivity index (χ2n) is 6.82. The molecule has 0 saturated carbocycles. The smallest absolute Gasteiger partial charge is 0.302 e. The molecule has 1 fully saturated rings. The SMILES string of the molecule is CC(=O)OC[C@H]1O[C@@H](n2cnc3c(NOCC(C)C)nc(Cl)nc32)C(O)C1O. The van der Waals surface area contributed by atoms with Crippen LogP contribution in [0.1, 0.15) is 27.0 Å². The van der Waals surface area contributed by atoms with Gasteiger partial charge in [-0.05, 0) is 17.5 Å². The highest BCUT2D eigenvalue weighted by molar-refractivity contribution is 6.28. The molecule has 0 aliphatic carbocycles. The third-order valence-electron chi connectivity index (χ3n) is 4.04. The highest BCUT2D eigenvalue weighted by Crippen LogP contribution is 2.33. The van der Waals surface area contributed by atoms with E-state index in [0.717, 1.165) is 0 Å². The van der Waals surface area contributed by atoms with E-state index in [9.17, 15) is 15.0 Å². The number of esters is 1. The lowest BCUT2D eigenvalue weighted by molar-refractivity contribution is -0.147. The number of carbonyl (C=O) groups is 1. The standard InChI is InChI=1S/C16H22ClN5O6/c1-7(2)4-27-21-13-10-14(20-16(17)19-13)22(6-18-10)15-12(25)11(24)9(28-15)5-26-8(3)23/h6-7,9,11-12,15,24-25H,4-5H2,1-3H3,(H,19,20,21)/t9-,11?,12?,15-/m1/s1. The zero-order chi connectivity index (χ0) is 20.4. The Morgan fingerprint density at radius 2 is 2.14 bits per heavy atom. The Labute approximate surface area is 165 Å². The number of aliphatic hydroxyl groups excluding tert-OH is 2. The molecule has 2 unspecified atom stereocenters. The summed E-state index contributed by atoms with van der Waals surface area (Å²) in [4.78, 5) is 28.8. The number of hydrogen-bond acceptors (Lipinski definition) is 10. The molecule has 0 aromatic carbocycles. The maximum atomic E-state index is 11.0. The van der Waals surface area contributed by atoms with E-state index in [1.54, 1.807) is 0 Å². The number of hydrogen-bond donors (Lipinski definition) is 3. The van der Waals surface area contributed by atoms with Crippen LogP contribution in [0.3, 0.4) is 0 Å². The van der Waals surface area contributed by atoms with Crippen molar-refractivity contribution in [2.75, 3.05) is 18.7 Å². The highest BCUT2D eigenvalue weighted by Gasteiger charge is 2.45. The van der Waals surface area contributed by atoms with Crippen LogP contribution in [0.5, 0.6) is 0 Å². The summed E-state index contributed by atoms with van der Waals surface area (Å²) < 4.78 is 12.0. The molecule has 1 saturated heterocycles. The Balaban J connectivity index is 1.85. The Morgan fingerprint density at radius 1 is 1.39 bits per heavy atom. The van der Waals surface area contributed by atoms with Crippen LogP contribution in [-0.4, -0.2) is 67.2 Å². The number of carbonyl (C=O) groups excluding carboxylic acids is 1. The number of ether oxygens (including phenoxy) is 2. The van der Waals surface area contributed by atoms with Gasteiger partial charge in [0.25, 0.3) is 0 Å². The van der Waals surface area contributed by atoms with E-state index in [1.807, 2.05) is 13.8 Å². The number of aliphatic hydroxyl groups is 2. The zero-order valence-electron chi connectivity index (χ0n) is 15.6. The molecule has 4 atom stereocenters. The molecule has 3 N–H and O–H groups in total. The number of halogens is 1. The largest absolute Gasteiger partial charge is 0.463 e. The minimum Gasteiger partial charge on any atom is -0.463 e. The summed E-state index contributed by atoms with van der Waals surface area (Å²) in [5.41, 5.74) is 3.33. The summed E-state index contributed by atoms with van der Waals surface area (Å²) in [5.74, 6) is 0.0490. The Kier molecular flexibility index (Phi) is 6.30. The molecular weight excluding hydrogens is 394 g/mol. The van der Waals surface area contributed by atoms with E-state index >= 15 is 0 Å². The molecule has 1 aliphatic rings. The monoisotopic (exact) mass is 415 g/mol. The second kappa shape index (κ2) is 8.53. The lowest BCUT2D eigenvalue weighted by Gasteiger charge is -2.16. The minimum absolute atomic E-state index is 0.0607. The first kappa shape index (κ1) is 20.7. The molecule has 2 aromatic rings. The maximum Gasteiger partial charge on any atom is 0.302 e. The van der Waals surface area contributed by atoms with Gasteiger partial charge >= 0.3 is 5.97 Å². The summed E-state index contributed by atoms with van der Waals surface area (Å²) in [6.07, 6.45) is -3.06. The van der Waals surface area contributed by atoms with E-state index in [2.05, 4.69) is 20.4 Å². The normalized spacial score (nSPS) is 24.8. The van der Waals surface area contributed by atoms with Gasteiger partial charge in [0.15, 0.2) is 23.2 Å². The van der Waals surface area contributed by atoms with E-state index < -0.39 is 30.5 Å². The van der Waals surface area contributed by atoms with Crippen LogP contribution in [-0.2, 0) is 19.1 Å². The number of aromatic nitrogens is 4. The average Bonchev–Trinajstić information content (AvgIpc) is 3.15. The molecule has 12 heteroatoms. The Hall–Kier alpha value is -2.05. The van der Waals surface area contributed by atoms with Gasteiger partial charge in [-0.3, -0.25) is 14.2 Å². The number of anilines is 1. The van der Waals surface area contributed by atoms with E-state index in [4.69, 9.17) is 25.9 Å². The third-order valence-corrected chi connectivity index (χ3v) is 4.21. The predicted octanol–water partition coefficient (Wildman–Crippen LogP) is 0.661. The first-order valence-electron chi connectivity index (χ1n) is 8.70. The van der Waals surface area contributed by atoms with Crippen molar-refractivity contribution in [1.82, 2.24) is 19.5 Å². The molecule has 0 spiro atoms. The number of imidazole rings is 1. The van der Waals surface area contributed by atoms with Crippen molar-refractivity contribution < 1.29 is 29.3 Å². The fourth-order valence-corrected chi connectivity index (χ4v) is 2.88. The topological polar surface area (TPSA) is 141 Å². The van der Waals surface area contributed by atoms with Crippen molar-refractivity contribution in [2.45, 2.75) is 45.3 Å². The van der Waals surface area contributed by atoms with Crippen molar-refractivity contribution in [2.24, 2.45) is 5.92 Å². The fraction of sp³-hybridized carbons (Fsp3) is 0.625. The lowest BCUT2D eigenvalue weighted by atomic mass is 10.1. The molecule has 3 rings (SSSR count). The second-order valence-corrected chi connectivity index (χ2v) is 7.16. The average molecular weight is 416 g/mol. The summed E-state index contributed by atoms with van der Waals surface area (Å²) >= 11 is 6.01. The molecule has 0 radical (unpaired) electrons. The molecule has 1 aliphatic heterocycles. The number of nitrogens with zero attached hydrogens (tertiary/aromatic N) is 4. The van der Waals surface area contributed by atoms with Gasteiger partial charge in [0.2, 0.25) is 5.28 Å². The van der Waals surface area contributed by atoms with Crippen LogP contribution in [0, 0.1) is 5.92 Å². The quantitative estimate of drug-likeness (QED) is 0.335. The zero-order valence-corrected chi connectivity index (χ0v) is 16.3. The summed E-state index contributed by atoms with van der Waals surface area (Å²) in [6, 6.07) is 0. The van der Waals surface area contributed by atoms with Crippen molar-refractivity contribution in [3.63, 3.8) is 0 Å². The van der Waals surface area contributed by atoms with Gasteiger partial charge in [-0.15, -0.1) is 0 Å². The minimum atomic E-state index is -1.29. The van der Waals surface area contributed by atoms with Gasteiger partial charge in [0, 0.05) is 6.92 Å². The number of nitrogens with one attached hydrogen (secondary N) is 1. The van der Waals surface area contributed by atoms with Crippen molar-refractivity contribution >= 4 is 34.6 Å². The molecule has 28 heavy (non-hydrogen) atoms. The van der Waals surface area contributed by atoms with E-state index in [0.29, 0.717) is 18.0 Å². The fourth-order valence-electron chi connectivity index (χ4n) is 2.72. The van der Waals surface area contributed by atoms with Gasteiger partial charge in [0.1, 0.15) is 24.9 Å². The van der Waals surface area contributed by atoms with Gasteiger partial charge in [-0.25, -0.2) is 10.5 Å². The molecule has 0 amide bonds. The van der Waals surface area contributed by atoms with Crippen LogP contribution < -0.4 is 5.48 Å². The Bertz CT molecular complexity index is 846. The number of rotatable bonds is 7. The van der Waals surface area contributed by atoms with Gasteiger partial charge in [-0.1, -0.05) is 13.8 Å². The molecule has 11 nitrogen and oxygen atoms in total. The van der Waals surface area contributed by atoms with Crippen LogP contribution >= 0.6 is 11.6 Å². The van der Waals surface area contributed by atoms with Gasteiger partial charge in [0.05, 0.1) is 12.9 Å². The molecule has 2 aromatic heterocycles. The van der Waals surface area contributed by atoms with E-state index in [-0.39, 0.29) is 23.4 Å². The van der Waals surface area contributed by atoms with Gasteiger partial charge in [-0.2, -0.15) is 9.97 Å². The summed E-state index contributed by atoms with van der Waals surface area (Å²) in [6.45, 7) is 5.48. The highest BCUT2D eigenvalue weighted by atomic mass is 35.5. The van der Waals surface area contributed by atoms with Crippen LogP contribution in [0.4, 0.5) is 5.82 Å². The van der Waals surface area contributed by atoms with Crippen molar-refractivity contribution in [3.8, 4) is 0 Å².